The van der Waals surface area contributed by atoms with Gasteiger partial charge in [-0.05, 0) is 32.1 Å². The third-order valence-corrected chi connectivity index (χ3v) is 4.50. The Hall–Kier alpha value is -0.380. The van der Waals surface area contributed by atoms with E-state index in [0.717, 1.165) is 12.8 Å². The van der Waals surface area contributed by atoms with E-state index in [4.69, 9.17) is 0 Å². The van der Waals surface area contributed by atoms with Gasteiger partial charge in [-0.25, -0.2) is 5.06 Å². The first-order valence-corrected chi connectivity index (χ1v) is 7.74. The van der Waals surface area contributed by atoms with Crippen molar-refractivity contribution in [3.05, 3.63) is 0 Å². The van der Waals surface area contributed by atoms with Crippen LogP contribution in [-0.2, 0) is 9.36 Å². The third kappa shape index (κ3) is 3.93. The fourth-order valence-corrected chi connectivity index (χ4v) is 3.43. The van der Waals surface area contributed by atoms with Crippen LogP contribution >= 0.6 is 7.14 Å². The van der Waals surface area contributed by atoms with Crippen molar-refractivity contribution < 1.29 is 14.6 Å². The smallest absolute Gasteiger partial charge is 0.244 e. The van der Waals surface area contributed by atoms with Crippen LogP contribution in [-0.4, -0.2) is 42.0 Å². The molecule has 0 bridgehead atoms. The minimum absolute atomic E-state index is 0.0438. The lowest BCUT2D eigenvalue weighted by atomic mass is 10.4. The first-order chi connectivity index (χ1) is 6.82. The van der Waals surface area contributed by atoms with E-state index in [9.17, 15) is 14.6 Å². The first kappa shape index (κ1) is 12.7. The number of nitrogens with one attached hydrogen (secondary N) is 1. The highest BCUT2D eigenvalue weighted by molar-refractivity contribution is 7.63. The van der Waals surface area contributed by atoms with Gasteiger partial charge in [0.2, 0.25) is 5.91 Å². The monoisotopic (exact) mass is 234 g/mol. The van der Waals surface area contributed by atoms with Crippen molar-refractivity contribution in [3.8, 4) is 0 Å². The van der Waals surface area contributed by atoms with Crippen LogP contribution in [0.25, 0.3) is 0 Å². The van der Waals surface area contributed by atoms with Gasteiger partial charge in [0.1, 0.15) is 0 Å². The van der Waals surface area contributed by atoms with Crippen molar-refractivity contribution in [3.63, 3.8) is 0 Å². The Morgan fingerprint density at radius 1 is 1.60 bits per heavy atom. The van der Waals surface area contributed by atoms with Crippen molar-refractivity contribution in [2.45, 2.75) is 25.5 Å². The fraction of sp³-hybridized carbons (Fsp3) is 0.889. The van der Waals surface area contributed by atoms with Crippen molar-refractivity contribution in [1.82, 2.24) is 10.4 Å². The number of carbonyl (C=O) groups excluding carboxylic acids is 1. The second kappa shape index (κ2) is 4.64. The summed E-state index contributed by atoms with van der Waals surface area (Å²) < 4.78 is 11.9. The zero-order valence-corrected chi connectivity index (χ0v) is 10.3. The van der Waals surface area contributed by atoms with E-state index in [1.54, 1.807) is 13.3 Å². The van der Waals surface area contributed by atoms with Crippen LogP contribution in [0.1, 0.15) is 19.8 Å². The molecule has 0 aromatic carbocycles. The largest absolute Gasteiger partial charge is 0.322 e. The molecule has 1 aliphatic rings. The molecule has 2 N–H and O–H groups in total. The molecule has 1 rings (SSSR count). The molecule has 1 saturated carbocycles. The van der Waals surface area contributed by atoms with E-state index >= 15 is 0 Å². The van der Waals surface area contributed by atoms with Gasteiger partial charge in [-0.2, -0.15) is 0 Å². The maximum atomic E-state index is 11.9. The number of hydroxylamine groups is 2. The molecular weight excluding hydrogens is 215 g/mol. The van der Waals surface area contributed by atoms with E-state index in [0.29, 0.717) is 11.0 Å². The number of hydrogen-bond donors (Lipinski definition) is 2. The lowest BCUT2D eigenvalue weighted by Gasteiger charge is -2.24. The Morgan fingerprint density at radius 2 is 2.13 bits per heavy atom. The standard InChI is InChI=1S/C9H19N2O3P/c1-7(12)11(13)6-10-9(8-4-5-8)15(2,3)14/h8-10,13H,4-6H2,1-3H3. The Morgan fingerprint density at radius 3 is 2.47 bits per heavy atom. The molecule has 0 radical (unpaired) electrons. The molecule has 15 heavy (non-hydrogen) atoms. The van der Waals surface area contributed by atoms with Gasteiger partial charge in [-0.3, -0.25) is 15.3 Å². The topological polar surface area (TPSA) is 69.6 Å². The highest BCUT2D eigenvalue weighted by Gasteiger charge is 2.38. The van der Waals surface area contributed by atoms with Crippen LogP contribution in [0.15, 0.2) is 0 Å². The average Bonchev–Trinajstić information content (AvgIpc) is 2.85. The highest BCUT2D eigenvalue weighted by Crippen LogP contribution is 2.51. The molecule has 1 aliphatic carbocycles. The van der Waals surface area contributed by atoms with E-state index in [1.807, 2.05) is 0 Å². The molecule has 0 aliphatic heterocycles. The summed E-state index contributed by atoms with van der Waals surface area (Å²) in [6, 6.07) is 0. The predicted molar refractivity (Wildman–Crippen MR) is 58.3 cm³/mol. The van der Waals surface area contributed by atoms with Crippen LogP contribution in [0.5, 0.6) is 0 Å². The highest BCUT2D eigenvalue weighted by atomic mass is 31.2. The van der Waals surface area contributed by atoms with E-state index in [2.05, 4.69) is 5.32 Å². The molecule has 0 aromatic rings. The van der Waals surface area contributed by atoms with Crippen molar-refractivity contribution in [2.75, 3.05) is 20.0 Å². The zero-order valence-electron chi connectivity index (χ0n) is 9.43. The number of carbonyl (C=O) groups is 1. The maximum Gasteiger partial charge on any atom is 0.244 e. The van der Waals surface area contributed by atoms with Crippen molar-refractivity contribution >= 4 is 13.0 Å². The van der Waals surface area contributed by atoms with Gasteiger partial charge in [0.05, 0.1) is 19.6 Å². The molecule has 0 heterocycles. The number of hydrogen-bond acceptors (Lipinski definition) is 4. The Labute approximate surface area is 90.2 Å². The van der Waals surface area contributed by atoms with Crippen LogP contribution in [0.3, 0.4) is 0 Å². The number of amides is 1. The van der Waals surface area contributed by atoms with E-state index in [1.165, 1.54) is 6.92 Å². The Kier molecular flexibility index (Phi) is 3.93. The SMILES string of the molecule is CC(=O)N(O)CNC(C1CC1)P(C)(C)=O. The summed E-state index contributed by atoms with van der Waals surface area (Å²) in [7, 11) is -2.22. The van der Waals surface area contributed by atoms with Crippen molar-refractivity contribution in [2.24, 2.45) is 5.92 Å². The molecule has 0 saturated heterocycles. The summed E-state index contributed by atoms with van der Waals surface area (Å²) >= 11 is 0. The Bertz CT molecular complexity index is 285. The molecular formula is C9H19N2O3P. The summed E-state index contributed by atoms with van der Waals surface area (Å²) in [5, 5.41) is 12.8. The van der Waals surface area contributed by atoms with Crippen LogP contribution in [0.2, 0.25) is 0 Å². The summed E-state index contributed by atoms with van der Waals surface area (Å²) in [4.78, 5) is 10.8. The predicted octanol–water partition coefficient (Wildman–Crippen LogP) is 1.13. The van der Waals surface area contributed by atoms with Gasteiger partial charge in [-0.1, -0.05) is 0 Å². The van der Waals surface area contributed by atoms with E-state index < -0.39 is 13.0 Å². The lowest BCUT2D eigenvalue weighted by Crippen LogP contribution is -2.41. The molecule has 6 heteroatoms. The molecule has 0 spiro atoms. The second-order valence-corrected chi connectivity index (χ2v) is 7.92. The Balaban J connectivity index is 2.46. The summed E-state index contributed by atoms with van der Waals surface area (Å²) in [6.45, 7) is 4.80. The van der Waals surface area contributed by atoms with Gasteiger partial charge < -0.3 is 4.57 Å². The van der Waals surface area contributed by atoms with Crippen LogP contribution < -0.4 is 5.32 Å². The molecule has 0 aromatic heterocycles. The van der Waals surface area contributed by atoms with Crippen LogP contribution in [0.4, 0.5) is 0 Å². The molecule has 1 atom stereocenters. The molecule has 1 fully saturated rings. The van der Waals surface area contributed by atoms with Gasteiger partial charge in [0.25, 0.3) is 0 Å². The zero-order chi connectivity index (χ0) is 11.6. The normalized spacial score (nSPS) is 18.7. The summed E-state index contributed by atoms with van der Waals surface area (Å²) in [5.74, 6) is -0.0585. The molecule has 1 amide bonds. The third-order valence-electron chi connectivity index (χ3n) is 2.55. The quantitative estimate of drug-likeness (QED) is 0.324. The minimum Gasteiger partial charge on any atom is -0.322 e. The lowest BCUT2D eigenvalue weighted by molar-refractivity contribution is -0.164. The van der Waals surface area contributed by atoms with Gasteiger partial charge in [-0.15, -0.1) is 0 Å². The second-order valence-electron chi connectivity index (χ2n) is 4.50. The number of nitrogens with zero attached hydrogens (tertiary/aromatic N) is 1. The van der Waals surface area contributed by atoms with Gasteiger partial charge in [0.15, 0.2) is 0 Å². The van der Waals surface area contributed by atoms with Gasteiger partial charge >= 0.3 is 0 Å². The summed E-state index contributed by atoms with van der Waals surface area (Å²) in [6.07, 6.45) is 2.16. The minimum atomic E-state index is -2.22. The van der Waals surface area contributed by atoms with Crippen molar-refractivity contribution in [1.29, 1.82) is 0 Å². The molecule has 88 valence electrons. The first-order valence-electron chi connectivity index (χ1n) is 5.07. The average molecular weight is 234 g/mol. The van der Waals surface area contributed by atoms with E-state index in [-0.39, 0.29) is 12.5 Å². The molecule has 5 nitrogen and oxygen atoms in total. The van der Waals surface area contributed by atoms with Gasteiger partial charge in [0, 0.05) is 6.92 Å². The number of rotatable bonds is 5. The summed E-state index contributed by atoms with van der Waals surface area (Å²) in [5.41, 5.74) is 0. The molecule has 1 unspecified atom stereocenters. The van der Waals surface area contributed by atoms with Crippen LogP contribution in [0, 0.1) is 5.92 Å². The fourth-order valence-electron chi connectivity index (χ4n) is 1.60. The maximum absolute atomic E-state index is 11.9.